The number of hydrogen-bond donors (Lipinski definition) is 1. The molecule has 0 bridgehead atoms. The molecule has 0 rings (SSSR count). The van der Waals surface area contributed by atoms with Crippen LogP contribution in [0.15, 0.2) is 12.2 Å². The number of carbonyl (C=O) groups is 2. The van der Waals surface area contributed by atoms with E-state index in [4.69, 9.17) is 9.84 Å². The molecule has 2 unspecified atom stereocenters. The summed E-state index contributed by atoms with van der Waals surface area (Å²) in [5.41, 5.74) is 0.242. The van der Waals surface area contributed by atoms with E-state index in [-0.39, 0.29) is 17.7 Å². The van der Waals surface area contributed by atoms with Crippen molar-refractivity contribution in [3.8, 4) is 0 Å². The van der Waals surface area contributed by atoms with Gasteiger partial charge in [-0.3, -0.25) is 4.79 Å². The van der Waals surface area contributed by atoms with Crippen molar-refractivity contribution in [3.05, 3.63) is 12.2 Å². The molecule has 0 aromatic rings. The fraction of sp³-hybridized carbons (Fsp3) is 0.714. The molecule has 0 amide bonds. The third kappa shape index (κ3) is 6.04. The van der Waals surface area contributed by atoms with E-state index in [1.807, 2.05) is 0 Å². The number of esters is 1. The van der Waals surface area contributed by atoms with E-state index >= 15 is 0 Å². The molecular formula is C14H28O4Si2. The summed E-state index contributed by atoms with van der Waals surface area (Å²) in [5, 5.41) is 8.71. The first-order valence-corrected chi connectivity index (χ1v) is 14.0. The van der Waals surface area contributed by atoms with Gasteiger partial charge >= 0.3 is 11.9 Å². The van der Waals surface area contributed by atoms with E-state index in [1.54, 1.807) is 0 Å². The second kappa shape index (κ2) is 6.71. The van der Waals surface area contributed by atoms with Crippen molar-refractivity contribution in [2.75, 3.05) is 0 Å². The van der Waals surface area contributed by atoms with Crippen molar-refractivity contribution < 1.29 is 19.4 Å². The monoisotopic (exact) mass is 316 g/mol. The van der Waals surface area contributed by atoms with Gasteiger partial charge in [0, 0.05) is 5.57 Å². The molecule has 0 aliphatic rings. The standard InChI is InChI=1S/C14H28O4Si2/c1-10(9-12(15)16)13(17)18-14(20(6,7)8)11(2)19(3,4)5/h11,14H,1,9H2,2-8H3,(H,15,16). The first-order chi connectivity index (χ1) is 8.76. The van der Waals surface area contributed by atoms with Crippen LogP contribution in [-0.4, -0.2) is 38.9 Å². The Kier molecular flexibility index (Phi) is 6.41. The second-order valence-electron chi connectivity index (χ2n) is 7.52. The third-order valence-electron chi connectivity index (χ3n) is 3.56. The molecule has 0 fully saturated rings. The Balaban J connectivity index is 5.07. The van der Waals surface area contributed by atoms with E-state index < -0.39 is 28.1 Å². The van der Waals surface area contributed by atoms with Gasteiger partial charge in [0.25, 0.3) is 0 Å². The molecule has 0 spiro atoms. The topological polar surface area (TPSA) is 63.6 Å². The number of hydrogen-bond acceptors (Lipinski definition) is 3. The van der Waals surface area contributed by atoms with Crippen molar-refractivity contribution in [1.29, 1.82) is 0 Å². The maximum Gasteiger partial charge on any atom is 0.333 e. The fourth-order valence-corrected chi connectivity index (χ4v) is 7.87. The molecule has 0 saturated heterocycles. The van der Waals surface area contributed by atoms with E-state index in [1.165, 1.54) is 0 Å². The van der Waals surface area contributed by atoms with Crippen LogP contribution in [0.1, 0.15) is 13.3 Å². The van der Waals surface area contributed by atoms with Crippen molar-refractivity contribution in [2.45, 2.75) is 63.9 Å². The zero-order valence-corrected chi connectivity index (χ0v) is 15.7. The molecule has 0 saturated carbocycles. The zero-order chi connectivity index (χ0) is 16.3. The normalized spacial score (nSPS) is 15.3. The molecule has 116 valence electrons. The van der Waals surface area contributed by atoms with Crippen LogP contribution >= 0.6 is 0 Å². The average Bonchev–Trinajstić information content (AvgIpc) is 2.20. The predicted molar refractivity (Wildman–Crippen MR) is 87.4 cm³/mol. The quantitative estimate of drug-likeness (QED) is 0.443. The van der Waals surface area contributed by atoms with Crippen LogP contribution in [0.4, 0.5) is 0 Å². The van der Waals surface area contributed by atoms with Gasteiger partial charge in [0.15, 0.2) is 0 Å². The molecule has 4 nitrogen and oxygen atoms in total. The number of rotatable bonds is 7. The summed E-state index contributed by atoms with van der Waals surface area (Å²) in [6, 6.07) is 0. The molecule has 0 aromatic carbocycles. The van der Waals surface area contributed by atoms with Gasteiger partial charge in [-0.05, 0) is 5.54 Å². The van der Waals surface area contributed by atoms with Crippen molar-refractivity contribution in [2.24, 2.45) is 0 Å². The lowest BCUT2D eigenvalue weighted by molar-refractivity contribution is -0.144. The van der Waals surface area contributed by atoms with Gasteiger partial charge in [-0.25, -0.2) is 4.79 Å². The fourth-order valence-electron chi connectivity index (χ4n) is 1.94. The van der Waals surface area contributed by atoms with Crippen molar-refractivity contribution >= 4 is 28.1 Å². The molecule has 0 heterocycles. The summed E-state index contributed by atoms with van der Waals surface area (Å²) in [7, 11) is -3.16. The van der Waals surface area contributed by atoms with Crippen molar-refractivity contribution in [3.63, 3.8) is 0 Å². The highest BCUT2D eigenvalue weighted by molar-refractivity contribution is 6.83. The molecule has 20 heavy (non-hydrogen) atoms. The van der Waals surface area contributed by atoms with E-state index in [0.29, 0.717) is 5.54 Å². The predicted octanol–water partition coefficient (Wildman–Crippen LogP) is 3.53. The van der Waals surface area contributed by atoms with E-state index in [9.17, 15) is 9.59 Å². The molecule has 0 radical (unpaired) electrons. The highest BCUT2D eigenvalue weighted by Gasteiger charge is 2.41. The molecule has 1 N–H and O–H groups in total. The first-order valence-electron chi connectivity index (χ1n) is 6.87. The van der Waals surface area contributed by atoms with Gasteiger partial charge in [-0.2, -0.15) is 0 Å². The lowest BCUT2D eigenvalue weighted by Crippen LogP contribution is -2.50. The Labute approximate surface area is 124 Å². The smallest absolute Gasteiger partial charge is 0.333 e. The van der Waals surface area contributed by atoms with Crippen LogP contribution in [0.25, 0.3) is 0 Å². The van der Waals surface area contributed by atoms with Crippen LogP contribution in [0.5, 0.6) is 0 Å². The second-order valence-corrected chi connectivity index (χ2v) is 18.5. The first kappa shape index (κ1) is 19.1. The summed E-state index contributed by atoms with van der Waals surface area (Å²) < 4.78 is 5.66. The lowest BCUT2D eigenvalue weighted by Gasteiger charge is -2.39. The number of carboxylic acid groups (broad SMARTS) is 1. The number of carboxylic acids is 1. The molecule has 0 aromatic heterocycles. The minimum Gasteiger partial charge on any atom is -0.481 e. The molecule has 6 heteroatoms. The Morgan fingerprint density at radius 2 is 1.55 bits per heavy atom. The number of carbonyl (C=O) groups excluding carboxylic acids is 1. The summed E-state index contributed by atoms with van der Waals surface area (Å²) in [6.45, 7) is 18.9. The number of aliphatic carboxylic acids is 1. The van der Waals surface area contributed by atoms with Crippen LogP contribution in [0.2, 0.25) is 44.8 Å². The Bertz CT molecular complexity index is 391. The van der Waals surface area contributed by atoms with Crippen LogP contribution < -0.4 is 0 Å². The SMILES string of the molecule is C=C(CC(=O)O)C(=O)OC(C(C)[Si](C)(C)C)[Si](C)(C)C. The molecule has 0 aliphatic heterocycles. The minimum atomic E-state index is -1.70. The van der Waals surface area contributed by atoms with E-state index in [2.05, 4.69) is 52.8 Å². The highest BCUT2D eigenvalue weighted by Crippen LogP contribution is 2.33. The Hall–Kier alpha value is -0.886. The maximum absolute atomic E-state index is 12.0. The van der Waals surface area contributed by atoms with Crippen LogP contribution in [0, 0.1) is 0 Å². The summed E-state index contributed by atoms with van der Waals surface area (Å²) in [5.74, 6) is -1.63. The summed E-state index contributed by atoms with van der Waals surface area (Å²) in [6.07, 6.45) is -0.363. The molecule has 2 atom stereocenters. The van der Waals surface area contributed by atoms with Gasteiger partial charge in [0.2, 0.25) is 0 Å². The Morgan fingerprint density at radius 3 is 1.85 bits per heavy atom. The minimum absolute atomic E-state index is 0.0172. The lowest BCUT2D eigenvalue weighted by atomic mass is 10.2. The van der Waals surface area contributed by atoms with E-state index in [0.717, 1.165) is 0 Å². The zero-order valence-electron chi connectivity index (χ0n) is 13.7. The largest absolute Gasteiger partial charge is 0.481 e. The van der Waals surface area contributed by atoms with Crippen molar-refractivity contribution in [1.82, 2.24) is 0 Å². The average molecular weight is 317 g/mol. The Morgan fingerprint density at radius 1 is 1.10 bits per heavy atom. The van der Waals surface area contributed by atoms with Gasteiger partial charge in [0.05, 0.1) is 28.3 Å². The van der Waals surface area contributed by atoms with Gasteiger partial charge in [-0.1, -0.05) is 52.8 Å². The van der Waals surface area contributed by atoms with Crippen LogP contribution in [-0.2, 0) is 14.3 Å². The van der Waals surface area contributed by atoms with Gasteiger partial charge in [0.1, 0.15) is 0 Å². The summed E-state index contributed by atoms with van der Waals surface area (Å²) >= 11 is 0. The third-order valence-corrected chi connectivity index (χ3v) is 9.25. The highest BCUT2D eigenvalue weighted by atomic mass is 28.3. The molecular weight excluding hydrogens is 288 g/mol. The van der Waals surface area contributed by atoms with Gasteiger partial charge in [-0.15, -0.1) is 0 Å². The van der Waals surface area contributed by atoms with Crippen LogP contribution in [0.3, 0.4) is 0 Å². The summed E-state index contributed by atoms with van der Waals surface area (Å²) in [4.78, 5) is 22.7. The number of ether oxygens (including phenoxy) is 1. The van der Waals surface area contributed by atoms with Gasteiger partial charge < -0.3 is 9.84 Å². The molecule has 0 aliphatic carbocycles. The maximum atomic E-state index is 12.0.